The maximum Gasteiger partial charge on any atom is 0.163 e. The number of rotatable bonds is 4. The van der Waals surface area contributed by atoms with E-state index in [1.165, 1.54) is 36.1 Å². The van der Waals surface area contributed by atoms with E-state index in [1.807, 2.05) is 0 Å². The molecule has 0 bridgehead atoms. The molecule has 1 N–H and O–H groups in total. The molecule has 0 spiro atoms. The van der Waals surface area contributed by atoms with Gasteiger partial charge in [-0.2, -0.15) is 0 Å². The van der Waals surface area contributed by atoms with Crippen molar-refractivity contribution >= 4 is 0 Å². The molecule has 1 atom stereocenters. The maximum atomic E-state index is 5.51. The first kappa shape index (κ1) is 14.2. The van der Waals surface area contributed by atoms with Crippen LogP contribution in [0.2, 0.25) is 0 Å². The molecule has 0 radical (unpaired) electrons. The van der Waals surface area contributed by atoms with E-state index >= 15 is 0 Å². The fourth-order valence-corrected chi connectivity index (χ4v) is 3.07. The molecule has 1 aromatic carbocycles. The Balaban J connectivity index is 2.28. The largest absolute Gasteiger partial charge is 0.493 e. The lowest BCUT2D eigenvalue weighted by molar-refractivity contribution is 0.349. The fraction of sp³-hybridized carbons (Fsp3) is 0.625. The third-order valence-corrected chi connectivity index (χ3v) is 4.16. The molecule has 2 rings (SSSR count). The lowest BCUT2D eigenvalue weighted by atomic mass is 9.88. The van der Waals surface area contributed by atoms with E-state index in [-0.39, 0.29) is 0 Å². The van der Waals surface area contributed by atoms with Crippen molar-refractivity contribution in [3.8, 4) is 11.5 Å². The summed E-state index contributed by atoms with van der Waals surface area (Å²) in [6.45, 7) is 6.61. The van der Waals surface area contributed by atoms with Gasteiger partial charge in [0.05, 0.1) is 14.2 Å². The number of piperidine rings is 1. The standard InChI is InChI=1S/C16H25NO2/c1-11-8-15(18-3)16(19-4)12(2)14(11)9-13-6-5-7-17-10-13/h8,13,17H,5-7,9-10H2,1-4H3. The van der Waals surface area contributed by atoms with Gasteiger partial charge in [-0.1, -0.05) is 0 Å². The molecule has 3 nitrogen and oxygen atoms in total. The second-order valence-corrected chi connectivity index (χ2v) is 5.45. The van der Waals surface area contributed by atoms with Gasteiger partial charge in [0.2, 0.25) is 0 Å². The van der Waals surface area contributed by atoms with Gasteiger partial charge >= 0.3 is 0 Å². The molecule has 1 heterocycles. The maximum absolute atomic E-state index is 5.51. The van der Waals surface area contributed by atoms with Crippen LogP contribution in [-0.2, 0) is 6.42 Å². The minimum absolute atomic E-state index is 0.740. The number of ether oxygens (including phenoxy) is 2. The van der Waals surface area contributed by atoms with E-state index in [1.54, 1.807) is 14.2 Å². The molecule has 1 aliphatic rings. The molecule has 19 heavy (non-hydrogen) atoms. The van der Waals surface area contributed by atoms with E-state index in [2.05, 4.69) is 25.2 Å². The summed E-state index contributed by atoms with van der Waals surface area (Å²) < 4.78 is 10.9. The summed E-state index contributed by atoms with van der Waals surface area (Å²) in [5.41, 5.74) is 3.96. The van der Waals surface area contributed by atoms with Gasteiger partial charge in [0.25, 0.3) is 0 Å². The van der Waals surface area contributed by atoms with E-state index in [0.29, 0.717) is 0 Å². The molecule has 1 saturated heterocycles. The van der Waals surface area contributed by atoms with Crippen molar-refractivity contribution in [1.82, 2.24) is 5.32 Å². The molecule has 1 aromatic rings. The lowest BCUT2D eigenvalue weighted by Crippen LogP contribution is -2.31. The number of aryl methyl sites for hydroxylation is 1. The zero-order chi connectivity index (χ0) is 13.8. The van der Waals surface area contributed by atoms with Crippen LogP contribution in [0.4, 0.5) is 0 Å². The SMILES string of the molecule is COc1cc(C)c(CC2CCCNC2)c(C)c1OC. The predicted molar refractivity (Wildman–Crippen MR) is 78.3 cm³/mol. The summed E-state index contributed by atoms with van der Waals surface area (Å²) in [7, 11) is 3.41. The van der Waals surface area contributed by atoms with Gasteiger partial charge in [-0.25, -0.2) is 0 Å². The Bertz CT molecular complexity index is 437. The van der Waals surface area contributed by atoms with Crippen LogP contribution < -0.4 is 14.8 Å². The smallest absolute Gasteiger partial charge is 0.163 e. The number of hydrogen-bond donors (Lipinski definition) is 1. The summed E-state index contributed by atoms with van der Waals surface area (Å²) in [5, 5.41) is 3.49. The van der Waals surface area contributed by atoms with Crippen LogP contribution in [0.25, 0.3) is 0 Å². The van der Waals surface area contributed by atoms with Gasteiger partial charge in [0.1, 0.15) is 0 Å². The summed E-state index contributed by atoms with van der Waals surface area (Å²) >= 11 is 0. The minimum Gasteiger partial charge on any atom is -0.493 e. The molecule has 0 aromatic heterocycles. The molecule has 0 amide bonds. The Kier molecular flexibility index (Phi) is 4.70. The number of benzene rings is 1. The monoisotopic (exact) mass is 263 g/mol. The zero-order valence-corrected chi connectivity index (χ0v) is 12.5. The molecular formula is C16H25NO2. The number of hydrogen-bond acceptors (Lipinski definition) is 3. The van der Waals surface area contributed by atoms with Crippen molar-refractivity contribution in [3.05, 3.63) is 22.8 Å². The van der Waals surface area contributed by atoms with Gasteiger partial charge in [0.15, 0.2) is 11.5 Å². The molecule has 1 unspecified atom stereocenters. The van der Waals surface area contributed by atoms with Crippen LogP contribution in [0.15, 0.2) is 6.07 Å². The van der Waals surface area contributed by atoms with Crippen LogP contribution in [0.1, 0.15) is 29.5 Å². The molecule has 1 fully saturated rings. The first-order valence-electron chi connectivity index (χ1n) is 7.09. The molecule has 0 aliphatic carbocycles. The first-order chi connectivity index (χ1) is 9.17. The average Bonchev–Trinajstić information content (AvgIpc) is 2.44. The highest BCUT2D eigenvalue weighted by molar-refractivity contribution is 5.53. The second-order valence-electron chi connectivity index (χ2n) is 5.45. The predicted octanol–water partition coefficient (Wildman–Crippen LogP) is 2.86. The third-order valence-electron chi connectivity index (χ3n) is 4.16. The van der Waals surface area contributed by atoms with Crippen molar-refractivity contribution in [2.45, 2.75) is 33.1 Å². The Morgan fingerprint density at radius 1 is 1.26 bits per heavy atom. The summed E-state index contributed by atoms with van der Waals surface area (Å²) in [4.78, 5) is 0. The molecular weight excluding hydrogens is 238 g/mol. The van der Waals surface area contributed by atoms with Gasteiger partial charge in [-0.15, -0.1) is 0 Å². The van der Waals surface area contributed by atoms with E-state index in [0.717, 1.165) is 30.4 Å². The Morgan fingerprint density at radius 2 is 2.05 bits per heavy atom. The highest BCUT2D eigenvalue weighted by atomic mass is 16.5. The van der Waals surface area contributed by atoms with Crippen molar-refractivity contribution in [1.29, 1.82) is 0 Å². The quantitative estimate of drug-likeness (QED) is 0.906. The van der Waals surface area contributed by atoms with Crippen LogP contribution in [0.3, 0.4) is 0 Å². The summed E-state index contributed by atoms with van der Waals surface area (Å²) in [6, 6.07) is 2.09. The fourth-order valence-electron chi connectivity index (χ4n) is 3.07. The average molecular weight is 263 g/mol. The van der Waals surface area contributed by atoms with E-state index in [9.17, 15) is 0 Å². The highest BCUT2D eigenvalue weighted by Gasteiger charge is 2.19. The molecule has 106 valence electrons. The topological polar surface area (TPSA) is 30.5 Å². The second kappa shape index (κ2) is 6.29. The van der Waals surface area contributed by atoms with E-state index < -0.39 is 0 Å². The third kappa shape index (κ3) is 3.03. The van der Waals surface area contributed by atoms with Gasteiger partial charge in [0, 0.05) is 0 Å². The summed E-state index contributed by atoms with van der Waals surface area (Å²) in [6.07, 6.45) is 3.74. The van der Waals surface area contributed by atoms with Crippen LogP contribution in [0, 0.1) is 19.8 Å². The van der Waals surface area contributed by atoms with Crippen molar-refractivity contribution < 1.29 is 9.47 Å². The lowest BCUT2D eigenvalue weighted by Gasteiger charge is -2.25. The zero-order valence-electron chi connectivity index (χ0n) is 12.5. The first-order valence-corrected chi connectivity index (χ1v) is 7.09. The normalized spacial score (nSPS) is 19.3. The number of methoxy groups -OCH3 is 2. The van der Waals surface area contributed by atoms with Gasteiger partial charge < -0.3 is 14.8 Å². The Labute approximate surface area is 116 Å². The molecule has 0 saturated carbocycles. The van der Waals surface area contributed by atoms with Crippen molar-refractivity contribution in [2.75, 3.05) is 27.3 Å². The van der Waals surface area contributed by atoms with Crippen LogP contribution in [-0.4, -0.2) is 27.3 Å². The molecule has 1 aliphatic heterocycles. The minimum atomic E-state index is 0.740. The van der Waals surface area contributed by atoms with Gasteiger partial charge in [-0.3, -0.25) is 0 Å². The Morgan fingerprint density at radius 3 is 2.63 bits per heavy atom. The van der Waals surface area contributed by atoms with Crippen LogP contribution >= 0.6 is 0 Å². The summed E-state index contributed by atoms with van der Waals surface area (Å²) in [5.74, 6) is 2.46. The Hall–Kier alpha value is -1.22. The van der Waals surface area contributed by atoms with E-state index in [4.69, 9.17) is 9.47 Å². The van der Waals surface area contributed by atoms with Crippen molar-refractivity contribution in [3.63, 3.8) is 0 Å². The highest BCUT2D eigenvalue weighted by Crippen LogP contribution is 2.36. The number of nitrogens with one attached hydrogen (secondary N) is 1. The molecule has 3 heteroatoms. The van der Waals surface area contributed by atoms with Crippen LogP contribution in [0.5, 0.6) is 11.5 Å². The van der Waals surface area contributed by atoms with Crippen molar-refractivity contribution in [2.24, 2.45) is 5.92 Å². The van der Waals surface area contributed by atoms with Gasteiger partial charge in [-0.05, 0) is 74.9 Å².